The third-order valence-electron chi connectivity index (χ3n) is 3.89. The van der Waals surface area contributed by atoms with Gasteiger partial charge in [-0.05, 0) is 61.3 Å². The molecule has 0 N–H and O–H groups in total. The van der Waals surface area contributed by atoms with Crippen LogP contribution in [0.25, 0.3) is 25.5 Å². The lowest BCUT2D eigenvalue weighted by Gasteiger charge is -2.02. The van der Waals surface area contributed by atoms with Crippen molar-refractivity contribution in [3.63, 3.8) is 0 Å². The van der Waals surface area contributed by atoms with E-state index in [-0.39, 0.29) is 12.1 Å². The minimum absolute atomic E-state index is 0.0918. The van der Waals surface area contributed by atoms with Gasteiger partial charge >= 0.3 is 11.4 Å². The molecule has 1 atom stereocenters. The van der Waals surface area contributed by atoms with Crippen molar-refractivity contribution < 1.29 is 14.3 Å². The van der Waals surface area contributed by atoms with Crippen molar-refractivity contribution in [3.8, 4) is 19.9 Å². The van der Waals surface area contributed by atoms with Crippen molar-refractivity contribution in [1.82, 2.24) is 0 Å². The van der Waals surface area contributed by atoms with E-state index in [9.17, 15) is 10.3 Å². The third kappa shape index (κ3) is 3.39. The summed E-state index contributed by atoms with van der Waals surface area (Å²) in [6, 6.07) is 8.32. The molecule has 3 aromatic heterocycles. The standard InChI is InChI=1S/C18H17N2O2PS2/c1-4-22-18(21)17(20-19)23-10-11(2)12(3)16(23)15-8-7-14(25-15)13-6-5-9-24-13/h5-10H,4H2,1-3H3. The van der Waals surface area contributed by atoms with E-state index in [0.717, 1.165) is 21.3 Å². The quantitative estimate of drug-likeness (QED) is 0.240. The van der Waals surface area contributed by atoms with Gasteiger partial charge in [0.2, 0.25) is 0 Å². The van der Waals surface area contributed by atoms with Gasteiger partial charge in [0, 0.05) is 27.5 Å². The molecule has 0 aliphatic carbocycles. The lowest BCUT2D eigenvalue weighted by Crippen LogP contribution is -2.14. The van der Waals surface area contributed by atoms with Crippen LogP contribution in [0.15, 0.2) is 35.4 Å². The van der Waals surface area contributed by atoms with Crippen LogP contribution < -0.4 is 0 Å². The number of esters is 1. The van der Waals surface area contributed by atoms with E-state index in [4.69, 9.17) is 4.74 Å². The second-order valence-electron chi connectivity index (χ2n) is 5.44. The topological polar surface area (TPSA) is 62.7 Å². The summed E-state index contributed by atoms with van der Waals surface area (Å²) in [5.41, 5.74) is 11.8. The Hall–Kier alpha value is -1.97. The second-order valence-corrected chi connectivity index (χ2v) is 9.34. The van der Waals surface area contributed by atoms with Crippen LogP contribution in [0.1, 0.15) is 18.1 Å². The molecule has 0 radical (unpaired) electrons. The first-order valence-electron chi connectivity index (χ1n) is 7.79. The zero-order valence-electron chi connectivity index (χ0n) is 14.1. The Labute approximate surface area is 155 Å². The third-order valence-corrected chi connectivity index (χ3v) is 8.65. The van der Waals surface area contributed by atoms with Gasteiger partial charge in [-0.1, -0.05) is 6.07 Å². The van der Waals surface area contributed by atoms with Crippen LogP contribution in [0, 0.1) is 13.8 Å². The van der Waals surface area contributed by atoms with Crippen molar-refractivity contribution in [1.29, 1.82) is 0 Å². The van der Waals surface area contributed by atoms with Gasteiger partial charge in [-0.2, -0.15) is 4.79 Å². The average molecular weight is 388 g/mol. The molecule has 0 saturated heterocycles. The smallest absolute Gasteiger partial charge is 0.426 e. The van der Waals surface area contributed by atoms with Gasteiger partial charge in [-0.15, -0.1) is 22.7 Å². The second kappa shape index (κ2) is 7.51. The molecule has 0 saturated carbocycles. The van der Waals surface area contributed by atoms with Crippen LogP contribution in [0.2, 0.25) is 0 Å². The van der Waals surface area contributed by atoms with Crippen LogP contribution >= 0.6 is 30.2 Å². The molecule has 3 aromatic rings. The summed E-state index contributed by atoms with van der Waals surface area (Å²) in [6.07, 6.45) is 0. The molecular formula is C18H17N2O2PS2. The number of aryl methyl sites for hydroxylation is 1. The Bertz CT molecular complexity index is 964. The molecular weight excluding hydrogens is 371 g/mol. The zero-order chi connectivity index (χ0) is 18.0. The molecule has 4 nitrogen and oxygen atoms in total. The first-order valence-corrected chi connectivity index (χ1v) is 10.9. The van der Waals surface area contributed by atoms with E-state index in [1.807, 2.05) is 25.7 Å². The lowest BCUT2D eigenvalue weighted by molar-refractivity contribution is -0.138. The Morgan fingerprint density at radius 1 is 1.24 bits per heavy atom. The number of carbonyl (C=O) groups is 1. The minimum Gasteiger partial charge on any atom is -0.457 e. The molecule has 0 aromatic carbocycles. The highest BCUT2D eigenvalue weighted by Crippen LogP contribution is 2.50. The maximum Gasteiger partial charge on any atom is 0.426 e. The van der Waals surface area contributed by atoms with Gasteiger partial charge < -0.3 is 10.3 Å². The van der Waals surface area contributed by atoms with Gasteiger partial charge in [-0.25, -0.2) is 4.79 Å². The molecule has 0 spiro atoms. The van der Waals surface area contributed by atoms with Crippen molar-refractivity contribution in [2.45, 2.75) is 20.8 Å². The summed E-state index contributed by atoms with van der Waals surface area (Å²) in [4.78, 5) is 19.0. The molecule has 0 amide bonds. The highest BCUT2D eigenvalue weighted by Gasteiger charge is 2.30. The molecule has 0 aliphatic rings. The summed E-state index contributed by atoms with van der Waals surface area (Å²) in [5.74, 6) is 1.47. The van der Waals surface area contributed by atoms with E-state index in [0.29, 0.717) is 0 Å². The van der Waals surface area contributed by atoms with Gasteiger partial charge in [0.05, 0.1) is 6.61 Å². The van der Waals surface area contributed by atoms with Gasteiger partial charge in [0.1, 0.15) is 0 Å². The van der Waals surface area contributed by atoms with Gasteiger partial charge in [0.25, 0.3) is 0 Å². The van der Waals surface area contributed by atoms with Crippen LogP contribution in [0.3, 0.4) is 0 Å². The highest BCUT2D eigenvalue weighted by molar-refractivity contribution is 7.73. The lowest BCUT2D eigenvalue weighted by atomic mass is 10.2. The van der Waals surface area contributed by atoms with Crippen molar-refractivity contribution >= 4 is 41.6 Å². The number of thiophene rings is 2. The number of rotatable bonds is 5. The monoisotopic (exact) mass is 388 g/mol. The van der Waals surface area contributed by atoms with E-state index >= 15 is 0 Å². The Morgan fingerprint density at radius 2 is 2.00 bits per heavy atom. The van der Waals surface area contributed by atoms with Gasteiger partial charge in [0.15, 0.2) is 0 Å². The van der Waals surface area contributed by atoms with Crippen molar-refractivity contribution in [2.75, 3.05) is 6.61 Å². The number of hydrogen-bond donors (Lipinski definition) is 0. The molecule has 0 aliphatic heterocycles. The fraction of sp³-hybridized carbons (Fsp3) is 0.222. The van der Waals surface area contributed by atoms with E-state index in [1.54, 1.807) is 29.6 Å². The molecule has 7 heteroatoms. The maximum atomic E-state index is 12.2. The molecule has 25 heavy (non-hydrogen) atoms. The summed E-state index contributed by atoms with van der Waals surface area (Å²) < 4.78 is 5.07. The van der Waals surface area contributed by atoms with Crippen LogP contribution in [-0.4, -0.2) is 22.8 Å². The predicted octanol–water partition coefficient (Wildman–Crippen LogP) is 5.79. The Kier molecular flexibility index (Phi) is 5.36. The summed E-state index contributed by atoms with van der Waals surface area (Å²) in [5, 5.41) is 3.13. The Morgan fingerprint density at radius 3 is 2.64 bits per heavy atom. The largest absolute Gasteiger partial charge is 0.457 e. The highest BCUT2D eigenvalue weighted by atomic mass is 32.1. The van der Waals surface area contributed by atoms with E-state index in [1.165, 1.54) is 9.75 Å². The molecule has 1 unspecified atom stereocenters. The van der Waals surface area contributed by atoms with Crippen LogP contribution in [0.5, 0.6) is 0 Å². The molecule has 128 valence electrons. The average Bonchev–Trinajstić information content (AvgIpc) is 3.30. The number of nitrogens with zero attached hydrogens (tertiary/aromatic N) is 2. The van der Waals surface area contributed by atoms with Gasteiger partial charge in [-0.3, -0.25) is 0 Å². The zero-order valence-corrected chi connectivity index (χ0v) is 16.7. The van der Waals surface area contributed by atoms with E-state index < -0.39 is 13.5 Å². The normalized spacial score (nSPS) is 11.2. The van der Waals surface area contributed by atoms with E-state index in [2.05, 4.69) is 28.4 Å². The number of ether oxygens (including phenoxy) is 1. The SMILES string of the molecule is CCOC(=O)C(=[N+]=[N-])p1cc(C)c(C)c1-c1ccc(-c2cccs2)s1. The first kappa shape index (κ1) is 17.8. The summed E-state index contributed by atoms with van der Waals surface area (Å²) in [7, 11) is -1.17. The molecule has 3 rings (SSSR count). The minimum atomic E-state index is -1.17. The molecule has 0 fully saturated rings. The maximum absolute atomic E-state index is 12.2. The molecule has 0 bridgehead atoms. The van der Waals surface area contributed by atoms with Crippen molar-refractivity contribution in [2.24, 2.45) is 0 Å². The predicted molar refractivity (Wildman–Crippen MR) is 106 cm³/mol. The fourth-order valence-corrected chi connectivity index (χ4v) is 7.12. The van der Waals surface area contributed by atoms with Crippen LogP contribution in [0.4, 0.5) is 0 Å². The summed E-state index contributed by atoms with van der Waals surface area (Å²) in [6.45, 7) is 6.06. The Balaban J connectivity index is 2.11. The first-order chi connectivity index (χ1) is 12.1. The summed E-state index contributed by atoms with van der Waals surface area (Å²) >= 11 is 3.40. The molecule has 3 heterocycles. The number of carbonyl (C=O) groups excluding carboxylic acids is 1. The fourth-order valence-electron chi connectivity index (χ4n) is 2.59. The van der Waals surface area contributed by atoms with Crippen LogP contribution in [-0.2, 0) is 9.53 Å². The van der Waals surface area contributed by atoms with Crippen molar-refractivity contribution in [3.05, 3.63) is 52.1 Å². The number of hydrogen-bond acceptors (Lipinski definition) is 4.